The number of hydrogen-bond acceptors (Lipinski definition) is 5. The van der Waals surface area contributed by atoms with Gasteiger partial charge < -0.3 is 10.6 Å². The number of aromatic nitrogens is 2. The molecule has 2 amide bonds. The van der Waals surface area contributed by atoms with E-state index in [1.807, 2.05) is 24.3 Å². The van der Waals surface area contributed by atoms with Gasteiger partial charge in [0, 0.05) is 26.9 Å². The summed E-state index contributed by atoms with van der Waals surface area (Å²) < 4.78 is 0. The van der Waals surface area contributed by atoms with E-state index in [2.05, 4.69) is 32.4 Å². The third kappa shape index (κ3) is 6.60. The summed E-state index contributed by atoms with van der Waals surface area (Å²) in [4.78, 5) is 33.6. The Morgan fingerprint density at radius 2 is 1.35 bits per heavy atom. The van der Waals surface area contributed by atoms with Gasteiger partial charge in [0.15, 0.2) is 0 Å². The fourth-order valence-corrected chi connectivity index (χ4v) is 2.62. The molecule has 0 aliphatic heterocycles. The van der Waals surface area contributed by atoms with Gasteiger partial charge in [-0.3, -0.25) is 14.5 Å². The van der Waals surface area contributed by atoms with E-state index < -0.39 is 0 Å². The first kappa shape index (κ1) is 19.5. The topological polar surface area (TPSA) is 87.2 Å². The zero-order valence-corrected chi connectivity index (χ0v) is 15.5. The summed E-state index contributed by atoms with van der Waals surface area (Å²) in [6.45, 7) is 7.23. The van der Waals surface area contributed by atoms with E-state index in [4.69, 9.17) is 0 Å². The highest BCUT2D eigenvalue weighted by molar-refractivity contribution is 5.87. The molecule has 0 aliphatic carbocycles. The Bertz CT molecular complexity index is 702. The van der Waals surface area contributed by atoms with Crippen molar-refractivity contribution < 1.29 is 9.59 Å². The molecule has 2 aromatic rings. The second-order valence-electron chi connectivity index (χ2n) is 6.10. The first-order valence-corrected chi connectivity index (χ1v) is 8.65. The lowest BCUT2D eigenvalue weighted by atomic mass is 10.2. The van der Waals surface area contributed by atoms with Crippen LogP contribution in [0.4, 0.5) is 11.6 Å². The van der Waals surface area contributed by atoms with Crippen LogP contribution in [0.15, 0.2) is 36.4 Å². The van der Waals surface area contributed by atoms with Crippen LogP contribution in [0.3, 0.4) is 0 Å². The number of nitrogens with one attached hydrogen (secondary N) is 2. The number of carbonyl (C=O) groups excluding carboxylic acids is 2. The SMILES string of the molecule is CCCN(Cc1cccc(NC(C)=O)n1)Cc1cccc(NC(C)=O)n1. The monoisotopic (exact) mass is 355 g/mol. The summed E-state index contributed by atoms with van der Waals surface area (Å²) in [5.41, 5.74) is 1.76. The average Bonchev–Trinajstić information content (AvgIpc) is 2.54. The second-order valence-corrected chi connectivity index (χ2v) is 6.10. The third-order valence-corrected chi connectivity index (χ3v) is 3.53. The van der Waals surface area contributed by atoms with Gasteiger partial charge in [-0.25, -0.2) is 9.97 Å². The Morgan fingerprint density at radius 1 is 0.885 bits per heavy atom. The maximum atomic E-state index is 11.2. The number of pyridine rings is 2. The zero-order valence-electron chi connectivity index (χ0n) is 15.5. The van der Waals surface area contributed by atoms with Crippen LogP contribution in [0.1, 0.15) is 38.6 Å². The first-order chi connectivity index (χ1) is 12.5. The molecule has 0 aliphatic rings. The Hall–Kier alpha value is -2.80. The molecule has 0 unspecified atom stereocenters. The Kier molecular flexibility index (Phi) is 7.23. The average molecular weight is 355 g/mol. The van der Waals surface area contributed by atoms with Crippen LogP contribution < -0.4 is 10.6 Å². The maximum Gasteiger partial charge on any atom is 0.222 e. The lowest BCUT2D eigenvalue weighted by Gasteiger charge is -2.21. The molecule has 0 saturated heterocycles. The number of hydrogen-bond donors (Lipinski definition) is 2. The van der Waals surface area contributed by atoms with E-state index in [1.54, 1.807) is 12.1 Å². The van der Waals surface area contributed by atoms with Gasteiger partial charge in [0.25, 0.3) is 0 Å². The molecule has 2 rings (SSSR count). The fourth-order valence-electron chi connectivity index (χ4n) is 2.62. The molecule has 0 aromatic carbocycles. The number of anilines is 2. The number of carbonyl (C=O) groups is 2. The summed E-state index contributed by atoms with van der Waals surface area (Å²) in [6.07, 6.45) is 0.997. The Morgan fingerprint density at radius 3 is 1.73 bits per heavy atom. The van der Waals surface area contributed by atoms with E-state index in [0.29, 0.717) is 24.7 Å². The van der Waals surface area contributed by atoms with Crippen molar-refractivity contribution in [2.75, 3.05) is 17.2 Å². The smallest absolute Gasteiger partial charge is 0.222 e. The van der Waals surface area contributed by atoms with E-state index >= 15 is 0 Å². The minimum atomic E-state index is -0.140. The van der Waals surface area contributed by atoms with Gasteiger partial charge in [-0.1, -0.05) is 19.1 Å². The van der Waals surface area contributed by atoms with Gasteiger partial charge in [-0.2, -0.15) is 0 Å². The van der Waals surface area contributed by atoms with E-state index in [-0.39, 0.29) is 11.8 Å². The molecule has 0 spiro atoms. The number of rotatable bonds is 8. The summed E-state index contributed by atoms with van der Waals surface area (Å²) in [5.74, 6) is 0.826. The highest BCUT2D eigenvalue weighted by Gasteiger charge is 2.10. The standard InChI is InChI=1S/C19H25N5O2/c1-4-11-24(12-16-7-5-9-18(22-16)20-14(2)25)13-17-8-6-10-19(23-17)21-15(3)26/h5-10H,4,11-13H2,1-3H3,(H,20,22,25)(H,21,23,26). The van der Waals surface area contributed by atoms with Crippen molar-refractivity contribution >= 4 is 23.5 Å². The Labute approximate surface area is 153 Å². The van der Waals surface area contributed by atoms with E-state index in [9.17, 15) is 9.59 Å². The van der Waals surface area contributed by atoms with Crippen LogP contribution in [0.5, 0.6) is 0 Å². The molecule has 138 valence electrons. The molecule has 0 bridgehead atoms. The second kappa shape index (κ2) is 9.62. The molecule has 26 heavy (non-hydrogen) atoms. The van der Waals surface area contributed by atoms with Crippen molar-refractivity contribution in [2.24, 2.45) is 0 Å². The predicted molar refractivity (Wildman–Crippen MR) is 101 cm³/mol. The largest absolute Gasteiger partial charge is 0.311 e. The number of nitrogens with zero attached hydrogens (tertiary/aromatic N) is 3. The summed E-state index contributed by atoms with van der Waals surface area (Å²) in [6, 6.07) is 11.2. The van der Waals surface area contributed by atoms with Crippen LogP contribution in [0, 0.1) is 0 Å². The zero-order chi connectivity index (χ0) is 18.9. The third-order valence-electron chi connectivity index (χ3n) is 3.53. The fraction of sp³-hybridized carbons (Fsp3) is 0.368. The summed E-state index contributed by atoms with van der Waals surface area (Å²) in [7, 11) is 0. The van der Waals surface area contributed by atoms with Crippen molar-refractivity contribution in [1.29, 1.82) is 0 Å². The number of amides is 2. The van der Waals surface area contributed by atoms with Crippen molar-refractivity contribution in [3.63, 3.8) is 0 Å². The van der Waals surface area contributed by atoms with Crippen LogP contribution in [0.2, 0.25) is 0 Å². The van der Waals surface area contributed by atoms with Crippen LogP contribution >= 0.6 is 0 Å². The van der Waals surface area contributed by atoms with Gasteiger partial charge in [-0.15, -0.1) is 0 Å². The van der Waals surface area contributed by atoms with Gasteiger partial charge >= 0.3 is 0 Å². The van der Waals surface area contributed by atoms with Crippen LogP contribution in [-0.2, 0) is 22.7 Å². The first-order valence-electron chi connectivity index (χ1n) is 8.65. The predicted octanol–water partition coefficient (Wildman–Crippen LogP) is 2.81. The van der Waals surface area contributed by atoms with Crippen LogP contribution in [0.25, 0.3) is 0 Å². The van der Waals surface area contributed by atoms with Crippen molar-refractivity contribution in [3.05, 3.63) is 47.8 Å². The normalized spacial score (nSPS) is 10.6. The molecule has 2 N–H and O–H groups in total. The van der Waals surface area contributed by atoms with E-state index in [1.165, 1.54) is 13.8 Å². The molecule has 7 heteroatoms. The summed E-state index contributed by atoms with van der Waals surface area (Å²) >= 11 is 0. The quantitative estimate of drug-likeness (QED) is 0.760. The molecule has 0 saturated carbocycles. The minimum Gasteiger partial charge on any atom is -0.311 e. The molecule has 2 aromatic heterocycles. The highest BCUT2D eigenvalue weighted by Crippen LogP contribution is 2.12. The van der Waals surface area contributed by atoms with Gasteiger partial charge in [0.2, 0.25) is 11.8 Å². The van der Waals surface area contributed by atoms with Gasteiger partial charge in [-0.05, 0) is 37.2 Å². The maximum absolute atomic E-state index is 11.2. The minimum absolute atomic E-state index is 0.140. The molecule has 0 atom stereocenters. The van der Waals surface area contributed by atoms with Crippen molar-refractivity contribution in [1.82, 2.24) is 14.9 Å². The highest BCUT2D eigenvalue weighted by atomic mass is 16.2. The van der Waals surface area contributed by atoms with Crippen LogP contribution in [-0.4, -0.2) is 33.2 Å². The van der Waals surface area contributed by atoms with Gasteiger partial charge in [0.05, 0.1) is 11.4 Å². The molecule has 0 radical (unpaired) electrons. The summed E-state index contributed by atoms with van der Waals surface area (Å²) in [5, 5.41) is 5.41. The molecule has 0 fully saturated rings. The molecule has 7 nitrogen and oxygen atoms in total. The Balaban J connectivity index is 2.09. The lowest BCUT2D eigenvalue weighted by Crippen LogP contribution is -2.25. The van der Waals surface area contributed by atoms with Crippen molar-refractivity contribution in [3.8, 4) is 0 Å². The lowest BCUT2D eigenvalue weighted by molar-refractivity contribution is -0.115. The molecule has 2 heterocycles. The molecular formula is C19H25N5O2. The van der Waals surface area contributed by atoms with E-state index in [0.717, 1.165) is 24.4 Å². The molecular weight excluding hydrogens is 330 g/mol. The van der Waals surface area contributed by atoms with Crippen molar-refractivity contribution in [2.45, 2.75) is 40.3 Å². The van der Waals surface area contributed by atoms with Gasteiger partial charge in [0.1, 0.15) is 11.6 Å².